The van der Waals surface area contributed by atoms with Crippen LogP contribution in [-0.2, 0) is 9.47 Å². The average Bonchev–Trinajstić information content (AvgIpc) is 2.84. The summed E-state index contributed by atoms with van der Waals surface area (Å²) >= 11 is 0. The number of esters is 2. The van der Waals surface area contributed by atoms with Crippen LogP contribution in [0.2, 0.25) is 0 Å². The third kappa shape index (κ3) is 15.4. The van der Waals surface area contributed by atoms with Crippen LogP contribution in [0, 0.1) is 0 Å². The summed E-state index contributed by atoms with van der Waals surface area (Å²) in [5.74, 6) is -0.715. The van der Waals surface area contributed by atoms with Crippen molar-refractivity contribution in [3.63, 3.8) is 0 Å². The lowest BCUT2D eigenvalue weighted by atomic mass is 10.1. The second kappa shape index (κ2) is 20.5. The van der Waals surface area contributed by atoms with Crippen LogP contribution in [0.25, 0.3) is 0 Å². The quantitative estimate of drug-likeness (QED) is 0.112. The zero-order chi connectivity index (χ0) is 24.0. The number of hydrogen-bond donors (Lipinski definition) is 0. The zero-order valence-electron chi connectivity index (χ0n) is 21.1. The van der Waals surface area contributed by atoms with Crippen molar-refractivity contribution in [3.8, 4) is 0 Å². The van der Waals surface area contributed by atoms with Gasteiger partial charge < -0.3 is 9.47 Å². The van der Waals surface area contributed by atoms with Gasteiger partial charge in [-0.1, -0.05) is 103 Å². The fraction of sp³-hybridized carbons (Fsp3) is 0.655. The maximum absolute atomic E-state index is 12.2. The fourth-order valence-electron chi connectivity index (χ4n) is 3.66. The first-order valence-electron chi connectivity index (χ1n) is 13.3. The molecule has 0 spiro atoms. The molecule has 0 aliphatic rings. The van der Waals surface area contributed by atoms with Crippen LogP contribution in [-0.4, -0.2) is 25.2 Å². The predicted octanol–water partition coefficient (Wildman–Crippen LogP) is 8.45. The third-order valence-corrected chi connectivity index (χ3v) is 5.79. The molecule has 0 unspecified atom stereocenters. The molecule has 1 rings (SSSR count). The van der Waals surface area contributed by atoms with Crippen molar-refractivity contribution in [2.24, 2.45) is 0 Å². The highest BCUT2D eigenvalue weighted by molar-refractivity contribution is 5.93. The molecule has 1 aromatic rings. The van der Waals surface area contributed by atoms with E-state index in [1.165, 1.54) is 77.0 Å². The summed E-state index contributed by atoms with van der Waals surface area (Å²) in [6.07, 6.45) is 22.4. The summed E-state index contributed by atoms with van der Waals surface area (Å²) in [5, 5.41) is 0. The van der Waals surface area contributed by atoms with Crippen molar-refractivity contribution >= 4 is 11.9 Å². The minimum atomic E-state index is -0.376. The molecular weight excluding hydrogens is 412 g/mol. The first kappa shape index (κ1) is 28.9. The molecule has 186 valence electrons. The number of rotatable bonds is 20. The monoisotopic (exact) mass is 458 g/mol. The van der Waals surface area contributed by atoms with Crippen LogP contribution in [0.1, 0.15) is 131 Å². The Kier molecular flexibility index (Phi) is 18.0. The molecule has 4 heteroatoms. The number of hydrogen-bond acceptors (Lipinski definition) is 4. The highest BCUT2D eigenvalue weighted by atomic mass is 16.5. The number of carbonyl (C=O) groups excluding carboxylic acids is 2. The van der Waals surface area contributed by atoms with E-state index in [2.05, 4.69) is 19.9 Å². The number of allylic oxidation sites excluding steroid dienone is 1. The maximum Gasteiger partial charge on any atom is 0.338 e. The van der Waals surface area contributed by atoms with Gasteiger partial charge in [0.2, 0.25) is 0 Å². The Hall–Kier alpha value is -2.10. The van der Waals surface area contributed by atoms with Gasteiger partial charge in [-0.2, -0.15) is 0 Å². The number of carbonyl (C=O) groups is 2. The van der Waals surface area contributed by atoms with Gasteiger partial charge in [0.15, 0.2) is 0 Å². The SMILES string of the molecule is CCCCCCCCC/C=C/COC(=O)c1ccc(C(=O)OCCCCCCCCC)cc1. The summed E-state index contributed by atoms with van der Waals surface area (Å²) in [6.45, 7) is 5.17. The van der Waals surface area contributed by atoms with Gasteiger partial charge in [-0.15, -0.1) is 0 Å². The molecule has 0 aliphatic heterocycles. The Labute approximate surface area is 202 Å². The normalized spacial score (nSPS) is 11.1. The van der Waals surface area contributed by atoms with Gasteiger partial charge >= 0.3 is 11.9 Å². The molecule has 0 fully saturated rings. The van der Waals surface area contributed by atoms with Crippen molar-refractivity contribution in [1.29, 1.82) is 0 Å². The molecule has 0 atom stereocenters. The molecule has 0 saturated carbocycles. The van der Waals surface area contributed by atoms with Crippen LogP contribution in [0.5, 0.6) is 0 Å². The van der Waals surface area contributed by atoms with Crippen LogP contribution in [0.15, 0.2) is 36.4 Å². The van der Waals surface area contributed by atoms with Gasteiger partial charge in [-0.25, -0.2) is 9.59 Å². The summed E-state index contributed by atoms with van der Waals surface area (Å²) in [4.78, 5) is 24.3. The van der Waals surface area contributed by atoms with Crippen LogP contribution >= 0.6 is 0 Å². The molecule has 0 aromatic heterocycles. The largest absolute Gasteiger partial charge is 0.462 e. The fourth-order valence-corrected chi connectivity index (χ4v) is 3.66. The van der Waals surface area contributed by atoms with E-state index in [9.17, 15) is 9.59 Å². The zero-order valence-corrected chi connectivity index (χ0v) is 21.1. The molecule has 0 heterocycles. The highest BCUT2D eigenvalue weighted by Gasteiger charge is 2.10. The van der Waals surface area contributed by atoms with Gasteiger partial charge in [0.1, 0.15) is 6.61 Å². The van der Waals surface area contributed by atoms with Gasteiger partial charge in [-0.3, -0.25) is 0 Å². The minimum absolute atomic E-state index is 0.275. The van der Waals surface area contributed by atoms with Crippen LogP contribution in [0.4, 0.5) is 0 Å². The van der Waals surface area contributed by atoms with Crippen LogP contribution in [0.3, 0.4) is 0 Å². The average molecular weight is 459 g/mol. The highest BCUT2D eigenvalue weighted by Crippen LogP contribution is 2.11. The second-order valence-electron chi connectivity index (χ2n) is 8.81. The first-order chi connectivity index (χ1) is 16.2. The van der Waals surface area contributed by atoms with E-state index < -0.39 is 0 Å². The lowest BCUT2D eigenvalue weighted by Crippen LogP contribution is -2.08. The molecule has 0 aliphatic carbocycles. The molecular formula is C29H46O4. The molecule has 4 nitrogen and oxygen atoms in total. The van der Waals surface area contributed by atoms with Crippen molar-refractivity contribution in [1.82, 2.24) is 0 Å². The Bertz CT molecular complexity index is 648. The molecule has 0 N–H and O–H groups in total. The van der Waals surface area contributed by atoms with E-state index in [4.69, 9.17) is 9.47 Å². The summed E-state index contributed by atoms with van der Waals surface area (Å²) in [6, 6.07) is 6.49. The van der Waals surface area contributed by atoms with Gasteiger partial charge in [0.05, 0.1) is 17.7 Å². The Balaban J connectivity index is 2.14. The lowest BCUT2D eigenvalue weighted by Gasteiger charge is -2.06. The lowest BCUT2D eigenvalue weighted by molar-refractivity contribution is 0.0494. The van der Waals surface area contributed by atoms with Crippen molar-refractivity contribution < 1.29 is 19.1 Å². The number of ether oxygens (including phenoxy) is 2. The first-order valence-corrected chi connectivity index (χ1v) is 13.3. The predicted molar refractivity (Wildman–Crippen MR) is 137 cm³/mol. The van der Waals surface area contributed by atoms with Gasteiger partial charge in [0, 0.05) is 0 Å². The Morgan fingerprint density at radius 3 is 1.61 bits per heavy atom. The Morgan fingerprint density at radius 2 is 1.06 bits per heavy atom. The van der Waals surface area contributed by atoms with E-state index in [1.54, 1.807) is 24.3 Å². The Morgan fingerprint density at radius 1 is 0.606 bits per heavy atom. The molecule has 0 saturated heterocycles. The van der Waals surface area contributed by atoms with Crippen molar-refractivity contribution in [2.75, 3.05) is 13.2 Å². The van der Waals surface area contributed by atoms with Gasteiger partial charge in [0.25, 0.3) is 0 Å². The number of benzene rings is 1. The summed E-state index contributed by atoms with van der Waals surface area (Å²) < 4.78 is 10.6. The molecule has 0 radical (unpaired) electrons. The van der Waals surface area contributed by atoms with Gasteiger partial charge in [-0.05, 0) is 43.5 Å². The maximum atomic E-state index is 12.2. The molecule has 1 aromatic carbocycles. The second-order valence-corrected chi connectivity index (χ2v) is 8.81. The topological polar surface area (TPSA) is 52.6 Å². The van der Waals surface area contributed by atoms with E-state index in [1.807, 2.05) is 6.08 Å². The smallest absolute Gasteiger partial charge is 0.338 e. The number of unbranched alkanes of at least 4 members (excludes halogenated alkanes) is 13. The summed E-state index contributed by atoms with van der Waals surface area (Å²) in [5.41, 5.74) is 0.906. The third-order valence-electron chi connectivity index (χ3n) is 5.79. The molecule has 0 amide bonds. The van der Waals surface area contributed by atoms with Crippen LogP contribution < -0.4 is 0 Å². The van der Waals surface area contributed by atoms with Crippen molar-refractivity contribution in [2.45, 2.75) is 110 Å². The summed E-state index contributed by atoms with van der Waals surface area (Å²) in [7, 11) is 0. The molecule has 0 bridgehead atoms. The molecule has 33 heavy (non-hydrogen) atoms. The van der Waals surface area contributed by atoms with E-state index in [0.29, 0.717) is 17.7 Å². The minimum Gasteiger partial charge on any atom is -0.462 e. The van der Waals surface area contributed by atoms with E-state index in [-0.39, 0.29) is 18.5 Å². The van der Waals surface area contributed by atoms with E-state index in [0.717, 1.165) is 19.3 Å². The van der Waals surface area contributed by atoms with E-state index >= 15 is 0 Å². The van der Waals surface area contributed by atoms with Crippen molar-refractivity contribution in [3.05, 3.63) is 47.5 Å². The standard InChI is InChI=1S/C29H46O4/c1-3-5-7-9-11-12-13-15-17-19-25-33-29(31)27-22-20-26(21-23-27)28(30)32-24-18-16-14-10-8-6-4-2/h17,19-23H,3-16,18,24-25H2,1-2H3/b19-17+.